The number of amides is 2. The molecule has 0 bridgehead atoms. The molecule has 1 aliphatic carbocycles. The molecule has 0 saturated carbocycles. The van der Waals surface area contributed by atoms with Crippen LogP contribution >= 0.6 is 0 Å². The molecule has 1 fully saturated rings. The van der Waals surface area contributed by atoms with Gasteiger partial charge in [0.2, 0.25) is 11.8 Å². The van der Waals surface area contributed by atoms with Gasteiger partial charge in [-0.25, -0.2) is 0 Å². The number of hydrogen-bond acceptors (Lipinski definition) is 4. The highest BCUT2D eigenvalue weighted by molar-refractivity contribution is 5.80. The first-order chi connectivity index (χ1) is 17.7. The number of nitrogens with one attached hydrogen (secondary N) is 1. The molecule has 7 heteroatoms. The van der Waals surface area contributed by atoms with Gasteiger partial charge in [0.1, 0.15) is 5.75 Å². The Morgan fingerprint density at radius 2 is 1.69 bits per heavy atom. The molecule has 3 aromatic rings. The quantitative estimate of drug-likeness (QED) is 0.519. The Balaban J connectivity index is 1.10. The van der Waals surface area contributed by atoms with E-state index < -0.39 is 0 Å². The van der Waals surface area contributed by atoms with E-state index in [9.17, 15) is 9.59 Å². The van der Waals surface area contributed by atoms with Gasteiger partial charge in [-0.2, -0.15) is 5.10 Å². The minimum atomic E-state index is -0.0561. The summed E-state index contributed by atoms with van der Waals surface area (Å²) in [4.78, 5) is 27.6. The van der Waals surface area contributed by atoms with Gasteiger partial charge in [-0.3, -0.25) is 14.3 Å². The number of aromatic nitrogens is 2. The lowest BCUT2D eigenvalue weighted by Crippen LogP contribution is -2.44. The van der Waals surface area contributed by atoms with Gasteiger partial charge in [-0.1, -0.05) is 48.5 Å². The Bertz CT molecular complexity index is 1150. The molecule has 5 rings (SSSR count). The van der Waals surface area contributed by atoms with Gasteiger partial charge in [0.25, 0.3) is 0 Å². The summed E-state index contributed by atoms with van der Waals surface area (Å²) >= 11 is 0. The molecule has 0 radical (unpaired) electrons. The third-order valence-electron chi connectivity index (χ3n) is 7.30. The molecule has 1 aliphatic heterocycles. The summed E-state index contributed by atoms with van der Waals surface area (Å²) in [5, 5.41) is 7.95. The van der Waals surface area contributed by atoms with Gasteiger partial charge < -0.3 is 15.0 Å². The van der Waals surface area contributed by atoms with Crippen molar-refractivity contribution < 1.29 is 14.3 Å². The van der Waals surface area contributed by atoms with E-state index in [0.717, 1.165) is 37.1 Å². The molecule has 2 heterocycles. The molecule has 1 unspecified atom stereocenters. The third-order valence-corrected chi connectivity index (χ3v) is 7.30. The highest BCUT2D eigenvalue weighted by Crippen LogP contribution is 2.31. The molecule has 2 aromatic carbocycles. The number of hydrogen-bond donors (Lipinski definition) is 1. The van der Waals surface area contributed by atoms with Crippen molar-refractivity contribution in [2.45, 2.75) is 51.1 Å². The summed E-state index contributed by atoms with van der Waals surface area (Å²) in [6.07, 6.45) is 6.65. The minimum absolute atomic E-state index is 0.0144. The molecule has 36 heavy (non-hydrogen) atoms. The average molecular weight is 487 g/mol. The topological polar surface area (TPSA) is 76.5 Å². The summed E-state index contributed by atoms with van der Waals surface area (Å²) in [6, 6.07) is 19.9. The van der Waals surface area contributed by atoms with E-state index in [2.05, 4.69) is 27.2 Å². The number of fused-ring (bicyclic) bond motifs is 1. The molecule has 0 spiro atoms. The molecule has 2 amide bonds. The van der Waals surface area contributed by atoms with Crippen LogP contribution in [0.4, 0.5) is 0 Å². The molecular formula is C29H34N4O3. The maximum Gasteiger partial charge on any atom is 0.225 e. The summed E-state index contributed by atoms with van der Waals surface area (Å²) in [5.74, 6) is 0.909. The smallest absolute Gasteiger partial charge is 0.225 e. The van der Waals surface area contributed by atoms with Gasteiger partial charge in [0.15, 0.2) is 0 Å². The number of benzene rings is 2. The fraction of sp³-hybridized carbons (Fsp3) is 0.414. The lowest BCUT2D eigenvalue weighted by Gasteiger charge is -2.33. The van der Waals surface area contributed by atoms with Crippen molar-refractivity contribution in [1.29, 1.82) is 0 Å². The maximum absolute atomic E-state index is 13.1. The minimum Gasteiger partial charge on any atom is -0.493 e. The van der Waals surface area contributed by atoms with Gasteiger partial charge in [0, 0.05) is 30.3 Å². The zero-order valence-electron chi connectivity index (χ0n) is 20.6. The van der Waals surface area contributed by atoms with E-state index >= 15 is 0 Å². The summed E-state index contributed by atoms with van der Waals surface area (Å²) in [7, 11) is 0. The van der Waals surface area contributed by atoms with E-state index in [1.807, 2.05) is 59.6 Å². The van der Waals surface area contributed by atoms with Crippen LogP contribution in [0.15, 0.2) is 66.9 Å². The molecular weight excluding hydrogens is 452 g/mol. The van der Waals surface area contributed by atoms with E-state index in [4.69, 9.17) is 4.74 Å². The van der Waals surface area contributed by atoms with Gasteiger partial charge in [-0.05, 0) is 49.8 Å². The number of nitrogens with zero attached hydrogens (tertiary/aromatic N) is 3. The van der Waals surface area contributed by atoms with Crippen LogP contribution in [0, 0.1) is 5.92 Å². The first-order valence-electron chi connectivity index (χ1n) is 13.0. The molecule has 1 atom stereocenters. The Labute approximate surface area is 212 Å². The Morgan fingerprint density at radius 1 is 0.972 bits per heavy atom. The first kappa shape index (κ1) is 24.1. The molecule has 1 saturated heterocycles. The maximum atomic E-state index is 13.1. The fourth-order valence-electron chi connectivity index (χ4n) is 5.27. The lowest BCUT2D eigenvalue weighted by molar-refractivity contribution is -0.136. The predicted octanol–water partition coefficient (Wildman–Crippen LogP) is 4.13. The van der Waals surface area contributed by atoms with Crippen LogP contribution < -0.4 is 10.1 Å². The van der Waals surface area contributed by atoms with Gasteiger partial charge in [-0.15, -0.1) is 0 Å². The van der Waals surface area contributed by atoms with Crippen LogP contribution in [-0.4, -0.2) is 46.2 Å². The number of para-hydroxylation sites is 1. The SMILES string of the molecule is O=C(NC1CCCc2c1cnn2Cc1ccccc1)C1CCN(C(=O)CCOc2ccccc2)CC1. The predicted molar refractivity (Wildman–Crippen MR) is 137 cm³/mol. The molecule has 188 valence electrons. The van der Waals surface area contributed by atoms with Crippen LogP contribution in [0.5, 0.6) is 5.75 Å². The van der Waals surface area contributed by atoms with Crippen LogP contribution in [-0.2, 0) is 22.6 Å². The molecule has 7 nitrogen and oxygen atoms in total. The van der Waals surface area contributed by atoms with E-state index in [1.54, 1.807) is 0 Å². The number of ether oxygens (including phenoxy) is 1. The van der Waals surface area contributed by atoms with E-state index in [0.29, 0.717) is 39.0 Å². The zero-order chi connectivity index (χ0) is 24.7. The van der Waals surface area contributed by atoms with E-state index in [-0.39, 0.29) is 23.8 Å². The lowest BCUT2D eigenvalue weighted by atomic mass is 9.90. The van der Waals surface area contributed by atoms with Crippen molar-refractivity contribution in [2.75, 3.05) is 19.7 Å². The normalized spacial score (nSPS) is 17.9. The fourth-order valence-corrected chi connectivity index (χ4v) is 5.27. The highest BCUT2D eigenvalue weighted by Gasteiger charge is 2.31. The second-order valence-corrected chi connectivity index (χ2v) is 9.71. The van der Waals surface area contributed by atoms with Gasteiger partial charge in [0.05, 0.1) is 31.8 Å². The molecule has 2 aliphatic rings. The molecule has 1 aromatic heterocycles. The van der Waals surface area contributed by atoms with Crippen molar-refractivity contribution in [3.8, 4) is 5.75 Å². The van der Waals surface area contributed by atoms with Crippen molar-refractivity contribution >= 4 is 11.8 Å². The van der Waals surface area contributed by atoms with Crippen LogP contribution in [0.25, 0.3) is 0 Å². The summed E-state index contributed by atoms with van der Waals surface area (Å²) in [6.45, 7) is 2.35. The first-order valence-corrected chi connectivity index (χ1v) is 13.0. The second-order valence-electron chi connectivity index (χ2n) is 9.71. The van der Waals surface area contributed by atoms with Crippen molar-refractivity contribution in [1.82, 2.24) is 20.0 Å². The highest BCUT2D eigenvalue weighted by atomic mass is 16.5. The number of rotatable bonds is 8. The third kappa shape index (κ3) is 5.78. The Hall–Kier alpha value is -3.61. The second kappa shape index (κ2) is 11.4. The van der Waals surface area contributed by atoms with Crippen LogP contribution in [0.3, 0.4) is 0 Å². The van der Waals surface area contributed by atoms with Gasteiger partial charge >= 0.3 is 0 Å². The number of carbonyl (C=O) groups is 2. The van der Waals surface area contributed by atoms with E-state index in [1.165, 1.54) is 11.3 Å². The summed E-state index contributed by atoms with van der Waals surface area (Å²) in [5.41, 5.74) is 3.60. The Kier molecular flexibility index (Phi) is 7.64. The summed E-state index contributed by atoms with van der Waals surface area (Å²) < 4.78 is 7.73. The van der Waals surface area contributed by atoms with Crippen molar-refractivity contribution in [2.24, 2.45) is 5.92 Å². The number of likely N-dealkylation sites (tertiary alicyclic amines) is 1. The van der Waals surface area contributed by atoms with Crippen molar-refractivity contribution in [3.63, 3.8) is 0 Å². The average Bonchev–Trinajstić information content (AvgIpc) is 3.33. The zero-order valence-corrected chi connectivity index (χ0v) is 20.6. The molecule has 1 N–H and O–H groups in total. The van der Waals surface area contributed by atoms with Crippen LogP contribution in [0.2, 0.25) is 0 Å². The number of carbonyl (C=O) groups excluding carboxylic acids is 2. The Morgan fingerprint density at radius 3 is 2.44 bits per heavy atom. The largest absolute Gasteiger partial charge is 0.493 e. The standard InChI is InChI=1S/C29H34N4O3/c34-28(16-19-36-24-10-5-2-6-11-24)32-17-14-23(15-18-32)29(35)31-26-12-7-13-27-25(26)20-30-33(27)21-22-8-3-1-4-9-22/h1-6,8-11,20,23,26H,7,12-19,21H2,(H,31,35). The monoisotopic (exact) mass is 486 g/mol. The number of piperidine rings is 1. The van der Waals surface area contributed by atoms with Crippen molar-refractivity contribution in [3.05, 3.63) is 83.7 Å². The van der Waals surface area contributed by atoms with Crippen LogP contribution in [0.1, 0.15) is 55.0 Å².